The van der Waals surface area contributed by atoms with Gasteiger partial charge in [0.15, 0.2) is 0 Å². The van der Waals surface area contributed by atoms with Gasteiger partial charge in [-0.2, -0.15) is 0 Å². The van der Waals surface area contributed by atoms with Crippen LogP contribution in [0.4, 0.5) is 0 Å². The van der Waals surface area contributed by atoms with E-state index in [0.29, 0.717) is 5.69 Å². The first-order valence-corrected chi connectivity index (χ1v) is 5.82. The normalized spacial score (nSPS) is 21.6. The van der Waals surface area contributed by atoms with Crippen molar-refractivity contribution in [3.63, 3.8) is 0 Å². The molecule has 1 amide bonds. The van der Waals surface area contributed by atoms with E-state index in [1.807, 2.05) is 4.90 Å². The molecule has 2 rings (SSSR count). The Morgan fingerprint density at radius 3 is 3.00 bits per heavy atom. The molecule has 2 heterocycles. The van der Waals surface area contributed by atoms with Gasteiger partial charge < -0.3 is 4.90 Å². The molecule has 0 radical (unpaired) electrons. The fraction of sp³-hybridized carbons (Fsp3) is 0.583. The molecule has 0 N–H and O–H groups in total. The van der Waals surface area contributed by atoms with Gasteiger partial charge in [-0.05, 0) is 25.2 Å². The van der Waals surface area contributed by atoms with Crippen LogP contribution in [-0.2, 0) is 0 Å². The van der Waals surface area contributed by atoms with Gasteiger partial charge in [0.05, 0.1) is 6.20 Å². The highest BCUT2D eigenvalue weighted by Crippen LogP contribution is 2.17. The molecule has 1 atom stereocenters. The summed E-state index contributed by atoms with van der Waals surface area (Å²) >= 11 is 0. The number of carbonyl (C=O) groups excluding carboxylic acids is 1. The van der Waals surface area contributed by atoms with Crippen molar-refractivity contribution in [2.24, 2.45) is 5.92 Å². The van der Waals surface area contributed by atoms with Crippen molar-refractivity contribution in [1.29, 1.82) is 0 Å². The van der Waals surface area contributed by atoms with Crippen LogP contribution in [0.1, 0.15) is 36.7 Å². The van der Waals surface area contributed by atoms with Crippen LogP contribution in [0, 0.1) is 5.92 Å². The van der Waals surface area contributed by atoms with E-state index in [-0.39, 0.29) is 5.91 Å². The molecule has 4 heteroatoms. The molecule has 0 saturated carbocycles. The Bertz CT molecular complexity index is 353. The van der Waals surface area contributed by atoms with Crippen LogP contribution in [0.2, 0.25) is 0 Å². The second-order valence-electron chi connectivity index (χ2n) is 4.42. The zero-order chi connectivity index (χ0) is 11.4. The van der Waals surface area contributed by atoms with Crippen LogP contribution in [-0.4, -0.2) is 33.9 Å². The van der Waals surface area contributed by atoms with Crippen molar-refractivity contribution in [2.75, 3.05) is 13.1 Å². The monoisotopic (exact) mass is 219 g/mol. The maximum Gasteiger partial charge on any atom is 0.274 e. The molecular weight excluding hydrogens is 202 g/mol. The lowest BCUT2D eigenvalue weighted by Crippen LogP contribution is -2.32. The summed E-state index contributed by atoms with van der Waals surface area (Å²) in [5.41, 5.74) is 0.456. The van der Waals surface area contributed by atoms with Crippen molar-refractivity contribution < 1.29 is 4.79 Å². The molecule has 1 saturated heterocycles. The molecule has 86 valence electrons. The summed E-state index contributed by atoms with van der Waals surface area (Å²) in [7, 11) is 0. The third kappa shape index (κ3) is 2.56. The van der Waals surface area contributed by atoms with Gasteiger partial charge in [0, 0.05) is 25.5 Å². The third-order valence-corrected chi connectivity index (χ3v) is 3.09. The van der Waals surface area contributed by atoms with Gasteiger partial charge in [0.1, 0.15) is 5.69 Å². The van der Waals surface area contributed by atoms with Crippen LogP contribution in [0.3, 0.4) is 0 Å². The molecule has 1 aromatic rings. The van der Waals surface area contributed by atoms with Gasteiger partial charge in [-0.1, -0.05) is 6.92 Å². The number of hydrogen-bond donors (Lipinski definition) is 0. The van der Waals surface area contributed by atoms with E-state index in [2.05, 4.69) is 16.9 Å². The number of amides is 1. The van der Waals surface area contributed by atoms with Crippen LogP contribution >= 0.6 is 0 Å². The van der Waals surface area contributed by atoms with Gasteiger partial charge in [-0.25, -0.2) is 4.98 Å². The van der Waals surface area contributed by atoms with E-state index in [1.165, 1.54) is 12.6 Å². The lowest BCUT2D eigenvalue weighted by Gasteiger charge is -2.19. The largest absolute Gasteiger partial charge is 0.337 e. The maximum atomic E-state index is 12.1. The number of hydrogen-bond acceptors (Lipinski definition) is 3. The van der Waals surface area contributed by atoms with E-state index >= 15 is 0 Å². The van der Waals surface area contributed by atoms with Crippen molar-refractivity contribution in [3.05, 3.63) is 24.3 Å². The van der Waals surface area contributed by atoms with Gasteiger partial charge in [0.2, 0.25) is 0 Å². The molecule has 1 aliphatic heterocycles. The van der Waals surface area contributed by atoms with Gasteiger partial charge in [-0.15, -0.1) is 0 Å². The number of nitrogens with zero attached hydrogens (tertiary/aromatic N) is 3. The highest BCUT2D eigenvalue weighted by Gasteiger charge is 2.20. The molecular formula is C12H17N3O. The molecule has 0 aromatic carbocycles. The third-order valence-electron chi connectivity index (χ3n) is 3.09. The van der Waals surface area contributed by atoms with E-state index in [1.54, 1.807) is 12.4 Å². The summed E-state index contributed by atoms with van der Waals surface area (Å²) in [4.78, 5) is 22.0. The molecule has 4 nitrogen and oxygen atoms in total. The van der Waals surface area contributed by atoms with E-state index in [0.717, 1.165) is 31.8 Å². The number of aromatic nitrogens is 2. The standard InChI is InChI=1S/C12H17N3O/c1-10-3-2-7-15(8-4-10)12(16)11-9-13-5-6-14-11/h5-6,9-10H,2-4,7-8H2,1H3. The summed E-state index contributed by atoms with van der Waals surface area (Å²) in [6, 6.07) is 0. The Morgan fingerprint density at radius 2 is 2.25 bits per heavy atom. The highest BCUT2D eigenvalue weighted by atomic mass is 16.2. The van der Waals surface area contributed by atoms with Gasteiger partial charge in [-0.3, -0.25) is 9.78 Å². The summed E-state index contributed by atoms with van der Waals surface area (Å²) in [6.45, 7) is 3.94. The first-order valence-electron chi connectivity index (χ1n) is 5.82. The van der Waals surface area contributed by atoms with Gasteiger partial charge >= 0.3 is 0 Å². The smallest absolute Gasteiger partial charge is 0.274 e. The van der Waals surface area contributed by atoms with Crippen molar-refractivity contribution >= 4 is 5.91 Å². The summed E-state index contributed by atoms with van der Waals surface area (Å²) in [5.74, 6) is 0.738. The number of carbonyl (C=O) groups is 1. The Kier molecular flexibility index (Phi) is 3.49. The average Bonchev–Trinajstić information content (AvgIpc) is 2.54. The maximum absolute atomic E-state index is 12.1. The molecule has 1 unspecified atom stereocenters. The molecule has 1 aliphatic rings. The molecule has 1 fully saturated rings. The summed E-state index contributed by atoms with van der Waals surface area (Å²) < 4.78 is 0. The Morgan fingerprint density at radius 1 is 1.38 bits per heavy atom. The Balaban J connectivity index is 2.04. The zero-order valence-electron chi connectivity index (χ0n) is 9.59. The zero-order valence-corrected chi connectivity index (χ0v) is 9.59. The predicted molar refractivity (Wildman–Crippen MR) is 61.0 cm³/mol. The molecule has 0 spiro atoms. The number of likely N-dealkylation sites (tertiary alicyclic amines) is 1. The summed E-state index contributed by atoms with van der Waals surface area (Å²) in [5, 5.41) is 0. The molecule has 1 aromatic heterocycles. The van der Waals surface area contributed by atoms with E-state index in [4.69, 9.17) is 0 Å². The molecule has 16 heavy (non-hydrogen) atoms. The Hall–Kier alpha value is -1.45. The second kappa shape index (κ2) is 5.05. The lowest BCUT2D eigenvalue weighted by molar-refractivity contribution is 0.0754. The Labute approximate surface area is 95.7 Å². The van der Waals surface area contributed by atoms with Crippen LogP contribution in [0.15, 0.2) is 18.6 Å². The lowest BCUT2D eigenvalue weighted by atomic mass is 10.0. The second-order valence-corrected chi connectivity index (χ2v) is 4.42. The SMILES string of the molecule is CC1CCCN(C(=O)c2cnccn2)CC1. The topological polar surface area (TPSA) is 46.1 Å². The van der Waals surface area contributed by atoms with Crippen molar-refractivity contribution in [2.45, 2.75) is 26.2 Å². The molecule has 0 bridgehead atoms. The summed E-state index contributed by atoms with van der Waals surface area (Å²) in [6.07, 6.45) is 8.08. The van der Waals surface area contributed by atoms with Crippen LogP contribution < -0.4 is 0 Å². The quantitative estimate of drug-likeness (QED) is 0.722. The van der Waals surface area contributed by atoms with Crippen LogP contribution in [0.25, 0.3) is 0 Å². The minimum atomic E-state index is 0.0159. The highest BCUT2D eigenvalue weighted by molar-refractivity contribution is 5.91. The van der Waals surface area contributed by atoms with E-state index in [9.17, 15) is 4.79 Å². The predicted octanol–water partition coefficient (Wildman–Crippen LogP) is 1.74. The van der Waals surface area contributed by atoms with Crippen molar-refractivity contribution in [3.8, 4) is 0 Å². The van der Waals surface area contributed by atoms with Gasteiger partial charge in [0.25, 0.3) is 5.91 Å². The van der Waals surface area contributed by atoms with Crippen molar-refractivity contribution in [1.82, 2.24) is 14.9 Å². The average molecular weight is 219 g/mol. The fourth-order valence-corrected chi connectivity index (χ4v) is 2.04. The first-order chi connectivity index (χ1) is 7.77. The van der Waals surface area contributed by atoms with E-state index < -0.39 is 0 Å². The minimum Gasteiger partial charge on any atom is -0.337 e. The van der Waals surface area contributed by atoms with Crippen LogP contribution in [0.5, 0.6) is 0 Å². The fourth-order valence-electron chi connectivity index (χ4n) is 2.04. The molecule has 0 aliphatic carbocycles. The minimum absolute atomic E-state index is 0.0159. The first kappa shape index (κ1) is 11.0. The number of rotatable bonds is 1.